The zero-order valence-electron chi connectivity index (χ0n) is 14.6. The predicted octanol–water partition coefficient (Wildman–Crippen LogP) is 3.64. The second kappa shape index (κ2) is 8.91. The Hall–Kier alpha value is -3.26. The minimum atomic E-state index is -0.355. The Balaban J connectivity index is 1.55. The van der Waals surface area contributed by atoms with E-state index in [0.29, 0.717) is 30.2 Å². The van der Waals surface area contributed by atoms with Gasteiger partial charge in [-0.15, -0.1) is 21.5 Å². The number of benzene rings is 1. The van der Waals surface area contributed by atoms with Crippen molar-refractivity contribution < 1.29 is 14.3 Å². The van der Waals surface area contributed by atoms with Crippen molar-refractivity contribution in [3.8, 4) is 0 Å². The van der Waals surface area contributed by atoms with Crippen LogP contribution in [-0.4, -0.2) is 28.7 Å². The molecule has 1 aromatic carbocycles. The number of amides is 1. The molecule has 2 heterocycles. The van der Waals surface area contributed by atoms with Gasteiger partial charge in [-0.3, -0.25) is 4.79 Å². The van der Waals surface area contributed by atoms with E-state index in [1.54, 1.807) is 43.3 Å². The van der Waals surface area contributed by atoms with Crippen LogP contribution in [0.3, 0.4) is 0 Å². The highest BCUT2D eigenvalue weighted by atomic mass is 32.1. The van der Waals surface area contributed by atoms with Gasteiger partial charge in [0.25, 0.3) is 0 Å². The highest BCUT2D eigenvalue weighted by Crippen LogP contribution is 2.16. The molecule has 3 aromatic rings. The molecule has 27 heavy (non-hydrogen) atoms. The Labute approximate surface area is 160 Å². The third kappa shape index (κ3) is 5.35. The minimum absolute atomic E-state index is 0.137. The molecule has 0 spiro atoms. The number of carbonyl (C=O) groups is 2. The first-order valence-electron chi connectivity index (χ1n) is 8.34. The van der Waals surface area contributed by atoms with Crippen molar-refractivity contribution in [2.75, 3.05) is 17.2 Å². The first kappa shape index (κ1) is 18.5. The Kier molecular flexibility index (Phi) is 6.11. The summed E-state index contributed by atoms with van der Waals surface area (Å²) in [5.74, 6) is 0.420. The Morgan fingerprint density at radius 1 is 1.04 bits per heavy atom. The lowest BCUT2D eigenvalue weighted by Gasteiger charge is -2.07. The van der Waals surface area contributed by atoms with Gasteiger partial charge in [-0.1, -0.05) is 6.07 Å². The van der Waals surface area contributed by atoms with Crippen LogP contribution in [0.4, 0.5) is 17.3 Å². The molecule has 1 amide bonds. The molecule has 0 fully saturated rings. The maximum atomic E-state index is 12.0. The van der Waals surface area contributed by atoms with Crippen LogP contribution in [0.2, 0.25) is 0 Å². The van der Waals surface area contributed by atoms with Crippen molar-refractivity contribution in [3.63, 3.8) is 0 Å². The normalized spacial score (nSPS) is 10.3. The SMILES string of the molecule is CCOC(=O)c1ccc(Nc2ccc(NC(=O)Cc3cccs3)nn2)cc1. The van der Waals surface area contributed by atoms with Gasteiger partial charge < -0.3 is 15.4 Å². The summed E-state index contributed by atoms with van der Waals surface area (Å²) in [6.45, 7) is 2.10. The van der Waals surface area contributed by atoms with Gasteiger partial charge in [-0.2, -0.15) is 0 Å². The lowest BCUT2D eigenvalue weighted by atomic mass is 10.2. The van der Waals surface area contributed by atoms with Gasteiger partial charge in [0.1, 0.15) is 0 Å². The number of anilines is 3. The summed E-state index contributed by atoms with van der Waals surface area (Å²) in [7, 11) is 0. The standard InChI is InChI=1S/C19H18N4O3S/c1-2-26-19(25)13-5-7-14(8-6-13)20-16-9-10-17(23-22-16)21-18(24)12-15-4-3-11-27-15/h3-11H,2,12H2,1H3,(H,20,22)(H,21,23,24). The van der Waals surface area contributed by atoms with Crippen molar-refractivity contribution in [2.45, 2.75) is 13.3 Å². The van der Waals surface area contributed by atoms with Crippen molar-refractivity contribution in [3.05, 3.63) is 64.4 Å². The van der Waals surface area contributed by atoms with Crippen LogP contribution < -0.4 is 10.6 Å². The third-order valence-electron chi connectivity index (χ3n) is 3.52. The fraction of sp³-hybridized carbons (Fsp3) is 0.158. The molecule has 0 atom stereocenters. The molecule has 138 valence electrons. The van der Waals surface area contributed by atoms with E-state index in [1.165, 1.54) is 11.3 Å². The van der Waals surface area contributed by atoms with Crippen LogP contribution >= 0.6 is 11.3 Å². The molecule has 3 rings (SSSR count). The van der Waals surface area contributed by atoms with Gasteiger partial charge in [0.05, 0.1) is 18.6 Å². The maximum Gasteiger partial charge on any atom is 0.338 e. The molecule has 0 saturated heterocycles. The number of aromatic nitrogens is 2. The van der Waals surface area contributed by atoms with E-state index in [9.17, 15) is 9.59 Å². The van der Waals surface area contributed by atoms with E-state index in [0.717, 1.165) is 10.6 Å². The van der Waals surface area contributed by atoms with Crippen LogP contribution in [0.5, 0.6) is 0 Å². The molecule has 0 saturated carbocycles. The first-order valence-corrected chi connectivity index (χ1v) is 9.22. The number of nitrogens with zero attached hydrogens (tertiary/aromatic N) is 2. The van der Waals surface area contributed by atoms with Gasteiger partial charge in [0.15, 0.2) is 11.6 Å². The Bertz CT molecular complexity index is 894. The fourth-order valence-electron chi connectivity index (χ4n) is 2.28. The van der Waals surface area contributed by atoms with Crippen molar-refractivity contribution in [1.82, 2.24) is 10.2 Å². The largest absolute Gasteiger partial charge is 0.462 e. The van der Waals surface area contributed by atoms with Gasteiger partial charge in [0.2, 0.25) is 5.91 Å². The Morgan fingerprint density at radius 2 is 1.78 bits per heavy atom. The zero-order chi connectivity index (χ0) is 19.1. The molecular formula is C19H18N4O3S. The van der Waals surface area contributed by atoms with Crippen LogP contribution in [0, 0.1) is 0 Å². The van der Waals surface area contributed by atoms with E-state index in [4.69, 9.17) is 4.74 Å². The smallest absolute Gasteiger partial charge is 0.338 e. The number of hydrogen-bond acceptors (Lipinski definition) is 7. The van der Waals surface area contributed by atoms with Crippen molar-refractivity contribution in [2.24, 2.45) is 0 Å². The minimum Gasteiger partial charge on any atom is -0.462 e. The summed E-state index contributed by atoms with van der Waals surface area (Å²) in [4.78, 5) is 24.6. The first-order chi connectivity index (χ1) is 13.1. The number of carbonyl (C=O) groups excluding carboxylic acids is 2. The number of thiophene rings is 1. The molecule has 7 nitrogen and oxygen atoms in total. The summed E-state index contributed by atoms with van der Waals surface area (Å²) in [5, 5.41) is 15.8. The quantitative estimate of drug-likeness (QED) is 0.606. The number of ether oxygens (including phenoxy) is 1. The number of hydrogen-bond donors (Lipinski definition) is 2. The van der Waals surface area contributed by atoms with Crippen LogP contribution in [0.25, 0.3) is 0 Å². The molecule has 0 radical (unpaired) electrons. The van der Waals surface area contributed by atoms with Crippen LogP contribution in [-0.2, 0) is 16.0 Å². The lowest BCUT2D eigenvalue weighted by molar-refractivity contribution is -0.115. The summed E-state index contributed by atoms with van der Waals surface area (Å²) in [6, 6.07) is 14.1. The highest BCUT2D eigenvalue weighted by Gasteiger charge is 2.08. The third-order valence-corrected chi connectivity index (χ3v) is 4.39. The zero-order valence-corrected chi connectivity index (χ0v) is 15.5. The van der Waals surface area contributed by atoms with Gasteiger partial charge in [-0.05, 0) is 54.8 Å². The summed E-state index contributed by atoms with van der Waals surface area (Å²) in [5.41, 5.74) is 1.24. The van der Waals surface area contributed by atoms with Crippen LogP contribution in [0.15, 0.2) is 53.9 Å². The molecule has 2 N–H and O–H groups in total. The molecule has 0 aliphatic rings. The summed E-state index contributed by atoms with van der Waals surface area (Å²) in [6.07, 6.45) is 0.312. The number of nitrogens with one attached hydrogen (secondary N) is 2. The topological polar surface area (TPSA) is 93.2 Å². The van der Waals surface area contributed by atoms with Crippen LogP contribution in [0.1, 0.15) is 22.2 Å². The Morgan fingerprint density at radius 3 is 2.41 bits per heavy atom. The predicted molar refractivity (Wildman–Crippen MR) is 104 cm³/mol. The number of rotatable bonds is 7. The highest BCUT2D eigenvalue weighted by molar-refractivity contribution is 7.10. The number of esters is 1. The molecule has 0 aliphatic heterocycles. The second-order valence-electron chi connectivity index (χ2n) is 5.53. The lowest BCUT2D eigenvalue weighted by Crippen LogP contribution is -2.15. The van der Waals surface area contributed by atoms with E-state index in [2.05, 4.69) is 20.8 Å². The maximum absolute atomic E-state index is 12.0. The van der Waals surface area contributed by atoms with Gasteiger partial charge >= 0.3 is 5.97 Å². The molecule has 0 bridgehead atoms. The van der Waals surface area contributed by atoms with E-state index >= 15 is 0 Å². The molecule has 2 aromatic heterocycles. The van der Waals surface area contributed by atoms with Gasteiger partial charge in [-0.25, -0.2) is 4.79 Å². The monoisotopic (exact) mass is 382 g/mol. The second-order valence-corrected chi connectivity index (χ2v) is 6.56. The summed E-state index contributed by atoms with van der Waals surface area (Å²) >= 11 is 1.54. The average Bonchev–Trinajstić information content (AvgIpc) is 3.17. The molecule has 8 heteroatoms. The van der Waals surface area contributed by atoms with Crippen molar-refractivity contribution >= 4 is 40.5 Å². The molecule has 0 unspecified atom stereocenters. The van der Waals surface area contributed by atoms with E-state index < -0.39 is 0 Å². The molecule has 0 aliphatic carbocycles. The van der Waals surface area contributed by atoms with Crippen molar-refractivity contribution in [1.29, 1.82) is 0 Å². The van der Waals surface area contributed by atoms with Gasteiger partial charge in [0, 0.05) is 10.6 Å². The molecular weight excluding hydrogens is 364 g/mol. The average molecular weight is 382 g/mol. The van der Waals surface area contributed by atoms with E-state index in [-0.39, 0.29) is 11.9 Å². The fourth-order valence-corrected chi connectivity index (χ4v) is 2.98. The van der Waals surface area contributed by atoms with E-state index in [1.807, 2.05) is 17.5 Å². The summed E-state index contributed by atoms with van der Waals surface area (Å²) < 4.78 is 4.95.